The summed E-state index contributed by atoms with van der Waals surface area (Å²) < 4.78 is 5.11. The lowest BCUT2D eigenvalue weighted by Gasteiger charge is -2.01. The molecule has 1 amide bonds. The Bertz CT molecular complexity index is 567. The van der Waals surface area contributed by atoms with Crippen molar-refractivity contribution in [3.63, 3.8) is 0 Å². The van der Waals surface area contributed by atoms with Crippen molar-refractivity contribution in [1.29, 1.82) is 0 Å². The van der Waals surface area contributed by atoms with Crippen LogP contribution in [0.5, 0.6) is 5.75 Å². The van der Waals surface area contributed by atoms with Crippen LogP contribution in [0, 0.1) is 6.92 Å². The van der Waals surface area contributed by atoms with Gasteiger partial charge in [-0.1, -0.05) is 0 Å². The fourth-order valence-corrected chi connectivity index (χ4v) is 2.66. The third kappa shape index (κ3) is 3.68. The molecule has 0 spiro atoms. The minimum absolute atomic E-state index is 0. The highest BCUT2D eigenvalue weighted by Gasteiger charge is 2.11. The molecule has 4 nitrogen and oxygen atoms in total. The van der Waals surface area contributed by atoms with Crippen molar-refractivity contribution < 1.29 is 9.53 Å². The summed E-state index contributed by atoms with van der Waals surface area (Å²) in [7, 11) is 1.63. The summed E-state index contributed by atoms with van der Waals surface area (Å²) in [6.07, 6.45) is 0.196. The quantitative estimate of drug-likeness (QED) is 0.943. The van der Waals surface area contributed by atoms with E-state index < -0.39 is 0 Å². The molecule has 2 N–H and O–H groups in total. The third-order valence-corrected chi connectivity index (χ3v) is 3.50. The van der Waals surface area contributed by atoms with Crippen molar-refractivity contribution in [3.05, 3.63) is 34.2 Å². The Morgan fingerprint density at radius 2 is 2.00 bits per heavy atom. The first-order valence-electron chi connectivity index (χ1n) is 5.49. The van der Waals surface area contributed by atoms with Gasteiger partial charge in [-0.25, -0.2) is 4.98 Å². The fraction of sp³-hybridized carbons (Fsp3) is 0.231. The van der Waals surface area contributed by atoms with Gasteiger partial charge in [0.2, 0.25) is 5.91 Å². The number of rotatable bonds is 4. The van der Waals surface area contributed by atoms with Crippen molar-refractivity contribution in [2.24, 2.45) is 5.73 Å². The molecule has 0 atom stereocenters. The van der Waals surface area contributed by atoms with Crippen LogP contribution in [0.25, 0.3) is 11.3 Å². The molecule has 0 aliphatic heterocycles. The zero-order chi connectivity index (χ0) is 13.1. The Kier molecular flexibility index (Phi) is 5.32. The van der Waals surface area contributed by atoms with Crippen molar-refractivity contribution in [1.82, 2.24) is 4.98 Å². The highest BCUT2D eigenvalue weighted by atomic mass is 35.5. The number of hydrogen-bond donors (Lipinski definition) is 1. The minimum Gasteiger partial charge on any atom is -0.497 e. The highest BCUT2D eigenvalue weighted by molar-refractivity contribution is 7.12. The number of amides is 1. The number of ether oxygens (including phenoxy) is 1. The number of benzene rings is 1. The largest absolute Gasteiger partial charge is 0.497 e. The maximum atomic E-state index is 10.9. The minimum atomic E-state index is -0.356. The number of nitrogens with zero attached hydrogens (tertiary/aromatic N) is 1. The average molecular weight is 299 g/mol. The van der Waals surface area contributed by atoms with E-state index >= 15 is 0 Å². The Morgan fingerprint density at radius 1 is 1.37 bits per heavy atom. The standard InChI is InChI=1S/C13H14N2O2S.ClH/c1-8-13(15-12(18-8)7-11(14)16)9-3-5-10(17-2)6-4-9;/h3-6H,7H2,1-2H3,(H2,14,16);1H. The molecule has 0 unspecified atom stereocenters. The smallest absolute Gasteiger partial charge is 0.224 e. The summed E-state index contributed by atoms with van der Waals surface area (Å²) in [6, 6.07) is 7.69. The maximum absolute atomic E-state index is 10.9. The Morgan fingerprint density at radius 3 is 2.53 bits per heavy atom. The number of halogens is 1. The maximum Gasteiger partial charge on any atom is 0.224 e. The summed E-state index contributed by atoms with van der Waals surface area (Å²) in [4.78, 5) is 16.4. The van der Waals surface area contributed by atoms with Crippen LogP contribution in [0.4, 0.5) is 0 Å². The van der Waals surface area contributed by atoms with Gasteiger partial charge in [0.25, 0.3) is 0 Å². The number of nitrogens with two attached hydrogens (primary N) is 1. The second-order valence-corrected chi connectivity index (χ2v) is 5.17. The van der Waals surface area contributed by atoms with E-state index in [0.717, 1.165) is 26.9 Å². The van der Waals surface area contributed by atoms with Gasteiger partial charge in [-0.15, -0.1) is 23.7 Å². The molecule has 2 aromatic rings. The molecule has 0 aliphatic rings. The van der Waals surface area contributed by atoms with Gasteiger partial charge in [0.05, 0.1) is 19.2 Å². The third-order valence-electron chi connectivity index (χ3n) is 2.53. The van der Waals surface area contributed by atoms with E-state index in [-0.39, 0.29) is 24.7 Å². The van der Waals surface area contributed by atoms with Gasteiger partial charge >= 0.3 is 0 Å². The molecule has 0 saturated heterocycles. The van der Waals surface area contributed by atoms with E-state index in [1.807, 2.05) is 31.2 Å². The summed E-state index contributed by atoms with van der Waals surface area (Å²) in [6.45, 7) is 1.99. The number of aromatic nitrogens is 1. The molecule has 0 bridgehead atoms. The zero-order valence-electron chi connectivity index (χ0n) is 10.7. The van der Waals surface area contributed by atoms with Crippen LogP contribution in [-0.4, -0.2) is 18.0 Å². The first-order valence-corrected chi connectivity index (χ1v) is 6.31. The van der Waals surface area contributed by atoms with Gasteiger partial charge in [-0.3, -0.25) is 4.79 Å². The van der Waals surface area contributed by atoms with E-state index in [2.05, 4.69) is 4.98 Å². The molecule has 0 aliphatic carbocycles. The number of hydrogen-bond acceptors (Lipinski definition) is 4. The molecule has 0 fully saturated rings. The second-order valence-electron chi connectivity index (χ2n) is 3.88. The average Bonchev–Trinajstić information content (AvgIpc) is 2.69. The van der Waals surface area contributed by atoms with Crippen LogP contribution >= 0.6 is 23.7 Å². The fourth-order valence-electron chi connectivity index (χ4n) is 1.69. The van der Waals surface area contributed by atoms with E-state index in [9.17, 15) is 4.79 Å². The van der Waals surface area contributed by atoms with Crippen molar-refractivity contribution in [2.75, 3.05) is 7.11 Å². The number of methoxy groups -OCH3 is 1. The molecule has 1 heterocycles. The molecular formula is C13H15ClN2O2S. The molecule has 19 heavy (non-hydrogen) atoms. The van der Waals surface area contributed by atoms with Gasteiger partial charge in [-0.05, 0) is 31.2 Å². The molecule has 0 radical (unpaired) electrons. The molecular weight excluding hydrogens is 284 g/mol. The van der Waals surface area contributed by atoms with Gasteiger partial charge < -0.3 is 10.5 Å². The van der Waals surface area contributed by atoms with E-state index in [4.69, 9.17) is 10.5 Å². The molecule has 102 valence electrons. The van der Waals surface area contributed by atoms with E-state index in [1.54, 1.807) is 7.11 Å². The number of aryl methyl sites for hydroxylation is 1. The summed E-state index contributed by atoms with van der Waals surface area (Å²) in [5.74, 6) is 0.453. The Balaban J connectivity index is 0.00000180. The van der Waals surface area contributed by atoms with E-state index in [0.29, 0.717) is 0 Å². The zero-order valence-corrected chi connectivity index (χ0v) is 12.3. The van der Waals surface area contributed by atoms with Crippen molar-refractivity contribution in [3.8, 4) is 17.0 Å². The second kappa shape index (κ2) is 6.54. The monoisotopic (exact) mass is 298 g/mol. The summed E-state index contributed by atoms with van der Waals surface area (Å²) >= 11 is 1.50. The van der Waals surface area contributed by atoms with Crippen LogP contribution in [0.2, 0.25) is 0 Å². The Labute approximate surface area is 122 Å². The molecule has 1 aromatic heterocycles. The number of primary amides is 1. The van der Waals surface area contributed by atoms with Crippen LogP contribution in [0.15, 0.2) is 24.3 Å². The van der Waals surface area contributed by atoms with Crippen LogP contribution < -0.4 is 10.5 Å². The lowest BCUT2D eigenvalue weighted by atomic mass is 10.1. The van der Waals surface area contributed by atoms with Crippen molar-refractivity contribution >= 4 is 29.7 Å². The van der Waals surface area contributed by atoms with Crippen molar-refractivity contribution in [2.45, 2.75) is 13.3 Å². The lowest BCUT2D eigenvalue weighted by molar-refractivity contribution is -0.117. The first-order chi connectivity index (χ1) is 8.60. The van der Waals surface area contributed by atoms with E-state index in [1.165, 1.54) is 11.3 Å². The van der Waals surface area contributed by atoms with Crippen LogP contribution in [-0.2, 0) is 11.2 Å². The van der Waals surface area contributed by atoms with Gasteiger partial charge in [0, 0.05) is 10.4 Å². The summed E-state index contributed by atoms with van der Waals surface area (Å²) in [5.41, 5.74) is 7.09. The number of carbonyl (C=O) groups excluding carboxylic acids is 1. The predicted octanol–water partition coefficient (Wildman–Crippen LogP) is 2.58. The molecule has 2 rings (SSSR count). The predicted molar refractivity (Wildman–Crippen MR) is 79.0 cm³/mol. The molecule has 1 aromatic carbocycles. The topological polar surface area (TPSA) is 65.2 Å². The number of carbonyl (C=O) groups is 1. The SMILES string of the molecule is COc1ccc(-c2nc(CC(N)=O)sc2C)cc1.Cl. The van der Waals surface area contributed by atoms with Gasteiger partial charge in [-0.2, -0.15) is 0 Å². The van der Waals surface area contributed by atoms with Crippen LogP contribution in [0.3, 0.4) is 0 Å². The molecule has 6 heteroatoms. The lowest BCUT2D eigenvalue weighted by Crippen LogP contribution is -2.13. The normalized spacial score (nSPS) is 9.79. The summed E-state index contributed by atoms with van der Waals surface area (Å²) in [5, 5.41) is 0.755. The van der Waals surface area contributed by atoms with Gasteiger partial charge in [0.15, 0.2) is 0 Å². The van der Waals surface area contributed by atoms with Crippen LogP contribution in [0.1, 0.15) is 9.88 Å². The van der Waals surface area contributed by atoms with Gasteiger partial charge in [0.1, 0.15) is 10.8 Å². The highest BCUT2D eigenvalue weighted by Crippen LogP contribution is 2.28. The molecule has 0 saturated carbocycles. The first kappa shape index (κ1) is 15.5. The number of thiazole rings is 1. The Hall–Kier alpha value is -1.59.